The van der Waals surface area contributed by atoms with Crippen molar-refractivity contribution in [2.45, 2.75) is 40.0 Å². The van der Waals surface area contributed by atoms with Crippen LogP contribution in [0.15, 0.2) is 69.6 Å². The van der Waals surface area contributed by atoms with Crippen LogP contribution < -0.4 is 56.7 Å². The Bertz CT molecular complexity index is 1110. The Balaban J connectivity index is 0.000000307. The van der Waals surface area contributed by atoms with Crippen LogP contribution >= 0.6 is 0 Å². The molecule has 1 N–H and O–H groups in total. The van der Waals surface area contributed by atoms with Crippen LogP contribution in [0.5, 0.6) is 0 Å². The molecular formula is C26H26KN2O3-. The normalized spacial score (nSPS) is 10.5. The van der Waals surface area contributed by atoms with E-state index in [-0.39, 0.29) is 62.7 Å². The molecule has 0 aliphatic rings. The summed E-state index contributed by atoms with van der Waals surface area (Å²) >= 11 is 0. The maximum Gasteiger partial charge on any atom is 1.00 e. The summed E-state index contributed by atoms with van der Waals surface area (Å²) in [6.45, 7) is 10.0. The fraction of sp³-hybridized carbons (Fsp3) is 0.231. The Morgan fingerprint density at radius 2 is 1.69 bits per heavy atom. The van der Waals surface area contributed by atoms with Crippen LogP contribution in [-0.2, 0) is 5.41 Å². The predicted octanol–water partition coefficient (Wildman–Crippen LogP) is 3.39. The molecule has 4 aromatic rings. The quantitative estimate of drug-likeness (QED) is 0.381. The van der Waals surface area contributed by atoms with Crippen LogP contribution in [-0.4, -0.2) is 11.1 Å². The third-order valence-electron chi connectivity index (χ3n) is 4.61. The molecule has 0 aliphatic carbocycles. The molecule has 0 spiro atoms. The number of hydrogen-bond acceptors (Lipinski definition) is 4. The number of furan rings is 1. The second kappa shape index (κ2) is 11.8. The number of anilines is 1. The molecule has 0 radical (unpaired) electrons. The number of amides is 1. The van der Waals surface area contributed by atoms with E-state index in [1.807, 2.05) is 31.2 Å². The molecule has 0 atom stereocenters. The fourth-order valence-electron chi connectivity index (χ4n) is 2.78. The number of rotatable bonds is 3. The number of hydrogen-bond donors (Lipinski definition) is 1. The zero-order valence-corrected chi connectivity index (χ0v) is 22.6. The van der Waals surface area contributed by atoms with E-state index in [0.717, 1.165) is 17.0 Å². The Morgan fingerprint density at radius 3 is 2.22 bits per heavy atom. The minimum Gasteiger partial charge on any atom is -0.470 e. The van der Waals surface area contributed by atoms with Crippen LogP contribution in [0.2, 0.25) is 0 Å². The number of aryl methyl sites for hydroxylation is 2. The number of nitrogens with one attached hydrogen (secondary N) is 1. The first-order valence-corrected chi connectivity index (χ1v) is 10.0. The standard InChI is InChI=1S/C19H16NO2.C7H10NO.K/c1-13-8-10-15(11-9-13)18-12-17(14(2)22-18)19(21)20-16-6-4-3-5-7-16;1-7(2,3)6-4-5-8-9-6;/h4-12H,1-2H3,(H,20,21);4H,1-3H3;/q2*-1;+1. The van der Waals surface area contributed by atoms with E-state index in [4.69, 9.17) is 8.94 Å². The molecule has 1 amide bonds. The second-order valence-corrected chi connectivity index (χ2v) is 8.26. The van der Waals surface area contributed by atoms with Gasteiger partial charge < -0.3 is 14.3 Å². The van der Waals surface area contributed by atoms with Gasteiger partial charge in [0.15, 0.2) is 0 Å². The predicted molar refractivity (Wildman–Crippen MR) is 121 cm³/mol. The molecule has 160 valence electrons. The molecule has 0 fully saturated rings. The van der Waals surface area contributed by atoms with Crippen molar-refractivity contribution in [3.63, 3.8) is 0 Å². The van der Waals surface area contributed by atoms with Gasteiger partial charge in [-0.2, -0.15) is 24.3 Å². The first-order chi connectivity index (χ1) is 14.7. The van der Waals surface area contributed by atoms with E-state index in [1.165, 1.54) is 5.56 Å². The van der Waals surface area contributed by atoms with Crippen molar-refractivity contribution < 1.29 is 65.1 Å². The second-order valence-electron chi connectivity index (χ2n) is 8.26. The summed E-state index contributed by atoms with van der Waals surface area (Å²) in [6.07, 6.45) is 2.62. The molecule has 4 rings (SSSR count). The van der Waals surface area contributed by atoms with Gasteiger partial charge in [0, 0.05) is 5.56 Å². The number of benzene rings is 2. The van der Waals surface area contributed by atoms with Gasteiger partial charge in [0.05, 0.1) is 5.56 Å². The van der Waals surface area contributed by atoms with Crippen molar-refractivity contribution in [1.29, 1.82) is 0 Å². The first kappa shape index (κ1) is 26.3. The molecule has 5 nitrogen and oxygen atoms in total. The minimum absolute atomic E-state index is 0. The smallest absolute Gasteiger partial charge is 0.470 e. The van der Waals surface area contributed by atoms with Gasteiger partial charge in [-0.05, 0) is 31.1 Å². The molecule has 2 aromatic heterocycles. The van der Waals surface area contributed by atoms with Crippen LogP contribution in [0.1, 0.15) is 48.2 Å². The number of carbonyl (C=O) groups excluding carboxylic acids is 1. The molecule has 2 heterocycles. The van der Waals surface area contributed by atoms with Crippen LogP contribution in [0.3, 0.4) is 0 Å². The van der Waals surface area contributed by atoms with E-state index in [0.29, 0.717) is 17.1 Å². The summed E-state index contributed by atoms with van der Waals surface area (Å²) in [5.41, 5.74) is 3.49. The summed E-state index contributed by atoms with van der Waals surface area (Å²) in [5, 5.41) is 6.34. The maximum absolute atomic E-state index is 12.4. The van der Waals surface area contributed by atoms with Crippen LogP contribution in [0, 0.1) is 26.1 Å². The van der Waals surface area contributed by atoms with Gasteiger partial charge in [-0.1, -0.05) is 56.3 Å². The molecule has 2 aromatic carbocycles. The van der Waals surface area contributed by atoms with Crippen molar-refractivity contribution in [3.8, 4) is 11.3 Å². The van der Waals surface area contributed by atoms with Crippen molar-refractivity contribution in [2.24, 2.45) is 0 Å². The van der Waals surface area contributed by atoms with Crippen LogP contribution in [0.25, 0.3) is 11.3 Å². The van der Waals surface area contributed by atoms with E-state index in [9.17, 15) is 4.79 Å². The number of aromatic nitrogens is 1. The zero-order valence-electron chi connectivity index (χ0n) is 19.4. The molecule has 0 aliphatic heterocycles. The molecule has 0 saturated heterocycles. The molecule has 0 saturated carbocycles. The largest absolute Gasteiger partial charge is 1.00 e. The number of nitrogens with zero attached hydrogens (tertiary/aromatic N) is 1. The van der Waals surface area contributed by atoms with Crippen molar-refractivity contribution >= 4 is 11.6 Å². The third kappa shape index (κ3) is 7.29. The summed E-state index contributed by atoms with van der Waals surface area (Å²) in [5.74, 6) is 2.01. The van der Waals surface area contributed by atoms with Crippen LogP contribution in [0.4, 0.5) is 5.69 Å². The van der Waals surface area contributed by atoms with Gasteiger partial charge in [0.25, 0.3) is 5.91 Å². The van der Waals surface area contributed by atoms with E-state index < -0.39 is 0 Å². The maximum atomic E-state index is 12.4. The van der Waals surface area contributed by atoms with Gasteiger partial charge in [-0.25, -0.2) is 5.16 Å². The van der Waals surface area contributed by atoms with Gasteiger partial charge in [-0.3, -0.25) is 4.79 Å². The summed E-state index contributed by atoms with van der Waals surface area (Å²) < 4.78 is 10.6. The fourth-order valence-corrected chi connectivity index (χ4v) is 2.78. The van der Waals surface area contributed by atoms with Crippen molar-refractivity contribution in [2.75, 3.05) is 5.32 Å². The molecular weight excluding hydrogens is 427 g/mol. The Morgan fingerprint density at radius 1 is 1.03 bits per heavy atom. The monoisotopic (exact) mass is 453 g/mol. The van der Waals surface area contributed by atoms with Crippen molar-refractivity contribution in [1.82, 2.24) is 5.16 Å². The zero-order chi connectivity index (χ0) is 22.4. The molecule has 0 unspecified atom stereocenters. The van der Waals surface area contributed by atoms with Gasteiger partial charge in [0.2, 0.25) is 0 Å². The van der Waals surface area contributed by atoms with Gasteiger partial charge in [0.1, 0.15) is 11.5 Å². The average molecular weight is 454 g/mol. The van der Waals surface area contributed by atoms with Gasteiger partial charge in [-0.15, -0.1) is 18.3 Å². The molecule has 0 bridgehead atoms. The summed E-state index contributed by atoms with van der Waals surface area (Å²) in [6, 6.07) is 21.6. The SMILES string of the molecule is CC(C)(C)c1c[c-]no1.Cc1ccc(-c2cc(C(=O)Nc3cc[c-]cc3)c(C)o2)cc1.[K+]. The average Bonchev–Trinajstić information content (AvgIpc) is 3.40. The Labute approximate surface area is 232 Å². The molecule has 32 heavy (non-hydrogen) atoms. The topological polar surface area (TPSA) is 68.3 Å². The minimum atomic E-state index is -0.175. The Hall–Kier alpha value is -1.96. The number of carbonyl (C=O) groups is 1. The summed E-state index contributed by atoms with van der Waals surface area (Å²) in [4.78, 5) is 12.4. The third-order valence-corrected chi connectivity index (χ3v) is 4.61. The first-order valence-electron chi connectivity index (χ1n) is 10.0. The van der Waals surface area contributed by atoms with E-state index in [2.05, 4.69) is 43.5 Å². The van der Waals surface area contributed by atoms with Gasteiger partial charge >= 0.3 is 51.4 Å². The van der Waals surface area contributed by atoms with E-state index in [1.54, 1.807) is 43.3 Å². The van der Waals surface area contributed by atoms with Crippen molar-refractivity contribution in [3.05, 3.63) is 95.6 Å². The van der Waals surface area contributed by atoms with E-state index >= 15 is 0 Å². The Kier molecular flexibility index (Phi) is 9.67. The summed E-state index contributed by atoms with van der Waals surface area (Å²) in [7, 11) is 0. The molecule has 6 heteroatoms.